The summed E-state index contributed by atoms with van der Waals surface area (Å²) in [5.41, 5.74) is 2.13. The average Bonchev–Trinajstić information content (AvgIpc) is 3.21. The van der Waals surface area contributed by atoms with Gasteiger partial charge in [0.05, 0.1) is 23.7 Å². The van der Waals surface area contributed by atoms with Gasteiger partial charge in [0, 0.05) is 38.8 Å². The van der Waals surface area contributed by atoms with E-state index in [4.69, 9.17) is 4.74 Å². The molecule has 2 N–H and O–H groups in total. The van der Waals surface area contributed by atoms with E-state index < -0.39 is 0 Å². The van der Waals surface area contributed by atoms with Crippen LogP contribution in [-0.2, 0) is 18.4 Å². The van der Waals surface area contributed by atoms with Crippen LogP contribution in [0.4, 0.5) is 0 Å². The van der Waals surface area contributed by atoms with E-state index >= 15 is 0 Å². The number of halogens is 2. The molecule has 1 amide bonds. The van der Waals surface area contributed by atoms with Gasteiger partial charge in [-0.3, -0.25) is 9.48 Å². The van der Waals surface area contributed by atoms with E-state index in [1.54, 1.807) is 11.8 Å². The van der Waals surface area contributed by atoms with Crippen LogP contribution in [0.2, 0.25) is 0 Å². The second-order valence-electron chi connectivity index (χ2n) is 6.01. The van der Waals surface area contributed by atoms with E-state index in [2.05, 4.69) is 31.7 Å². The first-order valence-electron chi connectivity index (χ1n) is 7.88. The summed E-state index contributed by atoms with van der Waals surface area (Å²) >= 11 is 3.47. The molecule has 2 aromatic rings. The Balaban J connectivity index is 0.00000225. The third-order valence-electron chi connectivity index (χ3n) is 4.39. The van der Waals surface area contributed by atoms with Crippen molar-refractivity contribution >= 4 is 34.2 Å². The Morgan fingerprint density at radius 2 is 2.28 bits per heavy atom. The third kappa shape index (κ3) is 4.54. The highest BCUT2D eigenvalue weighted by atomic mass is 79.9. The number of carbonyl (C=O) groups excluding carboxylic acids is 1. The average molecular weight is 430 g/mol. The number of nitrogens with one attached hydrogen (secondary N) is 2. The first-order valence-corrected chi connectivity index (χ1v) is 8.67. The Morgan fingerprint density at radius 1 is 1.48 bits per heavy atom. The number of aryl methyl sites for hydroxylation is 1. The fourth-order valence-electron chi connectivity index (χ4n) is 3.08. The van der Waals surface area contributed by atoms with Crippen molar-refractivity contribution in [2.24, 2.45) is 13.0 Å². The number of benzene rings is 1. The molecule has 1 aliphatic rings. The molecule has 0 unspecified atom stereocenters. The number of hydrogen-bond acceptors (Lipinski definition) is 4. The number of rotatable bonds is 5. The Labute approximate surface area is 161 Å². The predicted octanol–water partition coefficient (Wildman–Crippen LogP) is 2.23. The molecular weight excluding hydrogens is 408 g/mol. The fourth-order valence-corrected chi connectivity index (χ4v) is 3.66. The minimum absolute atomic E-state index is 0. The summed E-state index contributed by atoms with van der Waals surface area (Å²) in [5.74, 6) is 0.944. The minimum atomic E-state index is -0.0733. The Hall–Kier alpha value is -1.57. The van der Waals surface area contributed by atoms with Crippen LogP contribution < -0.4 is 15.4 Å². The molecule has 3 rings (SSSR count). The van der Waals surface area contributed by atoms with Gasteiger partial charge in [0.2, 0.25) is 5.91 Å². The standard InChI is InChI=1S/C17H21BrN4O2.ClH/c1-22-10-12(7-21-22)13-8-19-9-14(13)17(23)20-6-11-3-4-16(24-2)15(18)5-11;/h3-5,7,10,13-14,19H,6,8-9H2,1-2H3,(H,20,23);1H/t13-,14+;/m1./s1. The minimum Gasteiger partial charge on any atom is -0.496 e. The summed E-state index contributed by atoms with van der Waals surface area (Å²) in [6, 6.07) is 5.81. The number of nitrogens with zero attached hydrogens (tertiary/aromatic N) is 2. The molecule has 0 radical (unpaired) electrons. The lowest BCUT2D eigenvalue weighted by atomic mass is 9.90. The summed E-state index contributed by atoms with van der Waals surface area (Å²) in [4.78, 5) is 12.6. The van der Waals surface area contributed by atoms with Gasteiger partial charge in [-0.2, -0.15) is 5.10 Å². The van der Waals surface area contributed by atoms with Crippen molar-refractivity contribution < 1.29 is 9.53 Å². The number of ether oxygens (including phenoxy) is 1. The second kappa shape index (κ2) is 8.69. The molecule has 1 aromatic heterocycles. The molecule has 136 valence electrons. The van der Waals surface area contributed by atoms with Gasteiger partial charge in [-0.1, -0.05) is 6.07 Å². The molecule has 0 saturated carbocycles. The second-order valence-corrected chi connectivity index (χ2v) is 6.86. The van der Waals surface area contributed by atoms with Crippen molar-refractivity contribution in [2.45, 2.75) is 12.5 Å². The van der Waals surface area contributed by atoms with Gasteiger partial charge in [-0.05, 0) is 39.2 Å². The summed E-state index contributed by atoms with van der Waals surface area (Å²) in [6.45, 7) is 1.99. The summed E-state index contributed by atoms with van der Waals surface area (Å²) in [6.07, 6.45) is 3.83. The van der Waals surface area contributed by atoms with Crippen molar-refractivity contribution in [3.05, 3.63) is 46.2 Å². The van der Waals surface area contributed by atoms with Crippen molar-refractivity contribution in [1.82, 2.24) is 20.4 Å². The summed E-state index contributed by atoms with van der Waals surface area (Å²) in [5, 5.41) is 10.6. The smallest absolute Gasteiger partial charge is 0.225 e. The molecule has 25 heavy (non-hydrogen) atoms. The van der Waals surface area contributed by atoms with Crippen LogP contribution in [0.5, 0.6) is 5.75 Å². The van der Waals surface area contributed by atoms with Gasteiger partial charge in [0.15, 0.2) is 0 Å². The third-order valence-corrected chi connectivity index (χ3v) is 5.01. The number of amides is 1. The predicted molar refractivity (Wildman–Crippen MR) is 102 cm³/mol. The van der Waals surface area contributed by atoms with Gasteiger partial charge in [-0.15, -0.1) is 12.4 Å². The van der Waals surface area contributed by atoms with E-state index in [0.717, 1.165) is 27.9 Å². The highest BCUT2D eigenvalue weighted by Crippen LogP contribution is 2.28. The largest absolute Gasteiger partial charge is 0.496 e. The van der Waals surface area contributed by atoms with Crippen LogP contribution in [0.25, 0.3) is 0 Å². The number of methoxy groups -OCH3 is 1. The molecule has 0 spiro atoms. The Bertz CT molecular complexity index is 737. The molecule has 2 atom stereocenters. The number of carbonyl (C=O) groups is 1. The van der Waals surface area contributed by atoms with E-state index in [0.29, 0.717) is 13.1 Å². The molecule has 0 aliphatic carbocycles. The van der Waals surface area contributed by atoms with Crippen LogP contribution in [0.15, 0.2) is 35.1 Å². The molecule has 1 saturated heterocycles. The van der Waals surface area contributed by atoms with Crippen molar-refractivity contribution in [1.29, 1.82) is 0 Å². The van der Waals surface area contributed by atoms with Gasteiger partial charge in [0.25, 0.3) is 0 Å². The van der Waals surface area contributed by atoms with Crippen LogP contribution in [0.1, 0.15) is 17.0 Å². The lowest BCUT2D eigenvalue weighted by molar-refractivity contribution is -0.125. The van der Waals surface area contributed by atoms with E-state index in [9.17, 15) is 4.79 Å². The number of hydrogen-bond donors (Lipinski definition) is 2. The normalized spacial score (nSPS) is 19.3. The topological polar surface area (TPSA) is 68.2 Å². The van der Waals surface area contributed by atoms with Crippen LogP contribution >= 0.6 is 28.3 Å². The van der Waals surface area contributed by atoms with Gasteiger partial charge >= 0.3 is 0 Å². The zero-order chi connectivity index (χ0) is 17.1. The fraction of sp³-hybridized carbons (Fsp3) is 0.412. The van der Waals surface area contributed by atoms with Crippen molar-refractivity contribution in [3.8, 4) is 5.75 Å². The summed E-state index contributed by atoms with van der Waals surface area (Å²) in [7, 11) is 3.52. The highest BCUT2D eigenvalue weighted by molar-refractivity contribution is 9.10. The highest BCUT2D eigenvalue weighted by Gasteiger charge is 2.34. The molecular formula is C17H22BrClN4O2. The van der Waals surface area contributed by atoms with Gasteiger partial charge in [-0.25, -0.2) is 0 Å². The maximum atomic E-state index is 12.6. The lowest BCUT2D eigenvalue weighted by Gasteiger charge is -2.17. The van der Waals surface area contributed by atoms with Crippen LogP contribution in [0.3, 0.4) is 0 Å². The maximum absolute atomic E-state index is 12.6. The summed E-state index contributed by atoms with van der Waals surface area (Å²) < 4.78 is 7.88. The van der Waals surface area contributed by atoms with Crippen LogP contribution in [0, 0.1) is 5.92 Å². The molecule has 0 bridgehead atoms. The quantitative estimate of drug-likeness (QED) is 0.765. The van der Waals surface area contributed by atoms with Crippen LogP contribution in [-0.4, -0.2) is 35.9 Å². The maximum Gasteiger partial charge on any atom is 0.225 e. The lowest BCUT2D eigenvalue weighted by Crippen LogP contribution is -2.33. The van der Waals surface area contributed by atoms with Crippen molar-refractivity contribution in [3.63, 3.8) is 0 Å². The molecule has 6 nitrogen and oxygen atoms in total. The zero-order valence-corrected chi connectivity index (χ0v) is 16.6. The first kappa shape index (κ1) is 19.8. The molecule has 8 heteroatoms. The van der Waals surface area contributed by atoms with Crippen molar-refractivity contribution in [2.75, 3.05) is 20.2 Å². The van der Waals surface area contributed by atoms with E-state index in [1.807, 2.05) is 37.6 Å². The van der Waals surface area contributed by atoms with E-state index in [-0.39, 0.29) is 30.2 Å². The SMILES string of the molecule is COc1ccc(CNC(=O)[C@H]2CNC[C@@H]2c2cnn(C)c2)cc1Br.Cl. The molecule has 1 fully saturated rings. The zero-order valence-electron chi connectivity index (χ0n) is 14.2. The van der Waals surface area contributed by atoms with Gasteiger partial charge in [0.1, 0.15) is 5.75 Å². The Kier molecular flexibility index (Phi) is 6.87. The first-order chi connectivity index (χ1) is 11.6. The monoisotopic (exact) mass is 428 g/mol. The molecule has 1 aromatic carbocycles. The molecule has 1 aliphatic heterocycles. The molecule has 2 heterocycles. The Morgan fingerprint density at radius 3 is 2.92 bits per heavy atom. The number of aromatic nitrogens is 2. The van der Waals surface area contributed by atoms with Gasteiger partial charge < -0.3 is 15.4 Å². The van der Waals surface area contributed by atoms with E-state index in [1.165, 1.54) is 0 Å².